The van der Waals surface area contributed by atoms with Crippen LogP contribution in [0.3, 0.4) is 0 Å². The van der Waals surface area contributed by atoms with Crippen LogP contribution in [0, 0.1) is 0 Å². The summed E-state index contributed by atoms with van der Waals surface area (Å²) in [6.45, 7) is 1.20. The molecule has 1 aliphatic heterocycles. The van der Waals surface area contributed by atoms with Crippen molar-refractivity contribution >= 4 is 23.2 Å². The third kappa shape index (κ3) is 5.07. The Kier molecular flexibility index (Phi) is 6.54. The summed E-state index contributed by atoms with van der Waals surface area (Å²) in [6, 6.07) is 24.4. The van der Waals surface area contributed by atoms with Crippen molar-refractivity contribution in [2.24, 2.45) is 0 Å². The molecule has 2 aromatic carbocycles. The molecule has 7 nitrogen and oxygen atoms in total. The van der Waals surface area contributed by atoms with E-state index in [4.69, 9.17) is 0 Å². The molecule has 1 unspecified atom stereocenters. The van der Waals surface area contributed by atoms with E-state index in [9.17, 15) is 14.4 Å². The topological polar surface area (TPSA) is 84.3 Å². The molecule has 1 atom stereocenters. The van der Waals surface area contributed by atoms with Crippen LogP contribution in [-0.2, 0) is 17.9 Å². The number of thiophene rings is 1. The van der Waals surface area contributed by atoms with Gasteiger partial charge in [-0.15, -0.1) is 11.3 Å². The summed E-state index contributed by atoms with van der Waals surface area (Å²) in [5, 5.41) is 9.24. The molecule has 5 rings (SSSR count). The standard InChI is InChI=1S/C27H24N4O3S/c32-25(18-31-26(33)13-12-23(29-31)24-11-6-14-35-24)28-15-21(19-7-2-1-3-8-19)17-30-16-20-9-4-5-10-22(20)27(30)34/h1-14,21H,15-18H2,(H,28,32). The first-order chi connectivity index (χ1) is 17.1. The maximum absolute atomic E-state index is 12.9. The van der Waals surface area contributed by atoms with E-state index in [0.717, 1.165) is 21.6 Å². The molecule has 0 saturated heterocycles. The fraction of sp³-hybridized carbons (Fsp3) is 0.185. The van der Waals surface area contributed by atoms with Gasteiger partial charge < -0.3 is 10.2 Å². The number of amides is 2. The molecular weight excluding hydrogens is 460 g/mol. The van der Waals surface area contributed by atoms with Crippen molar-refractivity contribution in [3.63, 3.8) is 0 Å². The zero-order valence-corrected chi connectivity index (χ0v) is 19.8. The highest BCUT2D eigenvalue weighted by Crippen LogP contribution is 2.26. The third-order valence-corrected chi connectivity index (χ3v) is 6.98. The number of rotatable bonds is 8. The van der Waals surface area contributed by atoms with Crippen LogP contribution >= 0.6 is 11.3 Å². The molecule has 1 aliphatic rings. The van der Waals surface area contributed by atoms with E-state index >= 15 is 0 Å². The molecule has 2 amide bonds. The van der Waals surface area contributed by atoms with E-state index in [1.807, 2.05) is 77.0 Å². The van der Waals surface area contributed by atoms with Crippen molar-refractivity contribution in [1.29, 1.82) is 0 Å². The van der Waals surface area contributed by atoms with E-state index in [1.165, 1.54) is 22.1 Å². The highest BCUT2D eigenvalue weighted by Gasteiger charge is 2.29. The van der Waals surface area contributed by atoms with Gasteiger partial charge in [-0.1, -0.05) is 54.6 Å². The van der Waals surface area contributed by atoms with Crippen LogP contribution < -0.4 is 10.9 Å². The molecule has 0 spiro atoms. The van der Waals surface area contributed by atoms with E-state index in [0.29, 0.717) is 25.3 Å². The van der Waals surface area contributed by atoms with Crippen LogP contribution in [0.1, 0.15) is 27.4 Å². The van der Waals surface area contributed by atoms with Crippen molar-refractivity contribution in [3.8, 4) is 10.6 Å². The second-order valence-corrected chi connectivity index (χ2v) is 9.39. The molecular formula is C27H24N4O3S. The van der Waals surface area contributed by atoms with Gasteiger partial charge in [0, 0.05) is 37.2 Å². The first-order valence-electron chi connectivity index (χ1n) is 11.4. The maximum Gasteiger partial charge on any atom is 0.267 e. The SMILES string of the molecule is O=C(Cn1nc(-c2cccs2)ccc1=O)NCC(CN1Cc2ccccc2C1=O)c1ccccc1. The maximum atomic E-state index is 12.9. The lowest BCUT2D eigenvalue weighted by molar-refractivity contribution is -0.122. The largest absolute Gasteiger partial charge is 0.354 e. The van der Waals surface area contributed by atoms with Gasteiger partial charge in [0.05, 0.1) is 4.88 Å². The zero-order valence-electron chi connectivity index (χ0n) is 19.0. The Morgan fingerprint density at radius 3 is 2.54 bits per heavy atom. The van der Waals surface area contributed by atoms with E-state index in [-0.39, 0.29) is 29.8 Å². The number of hydrogen-bond donors (Lipinski definition) is 1. The molecule has 1 N–H and O–H groups in total. The fourth-order valence-electron chi connectivity index (χ4n) is 4.29. The van der Waals surface area contributed by atoms with Crippen molar-refractivity contribution in [3.05, 3.63) is 111 Å². The van der Waals surface area contributed by atoms with Crippen molar-refractivity contribution in [2.45, 2.75) is 19.0 Å². The smallest absolute Gasteiger partial charge is 0.267 e. The predicted molar refractivity (Wildman–Crippen MR) is 135 cm³/mol. The number of nitrogens with zero attached hydrogens (tertiary/aromatic N) is 3. The van der Waals surface area contributed by atoms with Gasteiger partial charge in [-0.2, -0.15) is 5.10 Å². The number of fused-ring (bicyclic) bond motifs is 1. The minimum atomic E-state index is -0.333. The first kappa shape index (κ1) is 22.7. The number of nitrogens with one attached hydrogen (secondary N) is 1. The van der Waals surface area contributed by atoms with Crippen LogP contribution in [0.25, 0.3) is 10.6 Å². The molecule has 0 saturated carbocycles. The summed E-state index contributed by atoms with van der Waals surface area (Å²) in [6.07, 6.45) is 0. The minimum Gasteiger partial charge on any atom is -0.354 e. The lowest BCUT2D eigenvalue weighted by Gasteiger charge is -2.24. The van der Waals surface area contributed by atoms with Gasteiger partial charge in [-0.05, 0) is 34.7 Å². The molecule has 3 heterocycles. The molecule has 0 bridgehead atoms. The fourth-order valence-corrected chi connectivity index (χ4v) is 4.98. The van der Waals surface area contributed by atoms with Crippen LogP contribution in [0.2, 0.25) is 0 Å². The summed E-state index contributed by atoms with van der Waals surface area (Å²) in [5.74, 6) is -0.394. The van der Waals surface area contributed by atoms with E-state index in [2.05, 4.69) is 10.4 Å². The van der Waals surface area contributed by atoms with Crippen LogP contribution in [0.15, 0.2) is 89.0 Å². The number of aromatic nitrogens is 2. The minimum absolute atomic E-state index is 0.00834. The Balaban J connectivity index is 1.28. The Labute approximate surface area is 206 Å². The average molecular weight is 485 g/mol. The quantitative estimate of drug-likeness (QED) is 0.415. The lowest BCUT2D eigenvalue weighted by atomic mass is 9.98. The Morgan fingerprint density at radius 2 is 1.77 bits per heavy atom. The predicted octanol–water partition coefficient (Wildman–Crippen LogP) is 3.53. The molecule has 176 valence electrons. The number of benzene rings is 2. The van der Waals surface area contributed by atoms with Gasteiger partial charge in [0.25, 0.3) is 11.5 Å². The van der Waals surface area contributed by atoms with Gasteiger partial charge in [0.1, 0.15) is 12.2 Å². The number of carbonyl (C=O) groups excluding carboxylic acids is 2. The molecule has 0 radical (unpaired) electrons. The van der Waals surface area contributed by atoms with Gasteiger partial charge in [-0.3, -0.25) is 14.4 Å². The zero-order chi connectivity index (χ0) is 24.2. The molecule has 0 aliphatic carbocycles. The molecule has 35 heavy (non-hydrogen) atoms. The highest BCUT2D eigenvalue weighted by molar-refractivity contribution is 7.13. The summed E-state index contributed by atoms with van der Waals surface area (Å²) in [7, 11) is 0. The highest BCUT2D eigenvalue weighted by atomic mass is 32.1. The number of carbonyl (C=O) groups is 2. The molecule has 0 fully saturated rings. The number of hydrogen-bond acceptors (Lipinski definition) is 5. The Hall–Kier alpha value is -4.04. The van der Waals surface area contributed by atoms with E-state index in [1.54, 1.807) is 6.07 Å². The second kappa shape index (κ2) is 10.1. The summed E-state index contributed by atoms with van der Waals surface area (Å²) in [5.41, 5.74) is 3.11. The van der Waals surface area contributed by atoms with Crippen molar-refractivity contribution in [1.82, 2.24) is 20.0 Å². The van der Waals surface area contributed by atoms with Crippen LogP contribution in [0.4, 0.5) is 0 Å². The first-order valence-corrected chi connectivity index (χ1v) is 12.3. The summed E-state index contributed by atoms with van der Waals surface area (Å²) in [4.78, 5) is 40.7. The second-order valence-electron chi connectivity index (χ2n) is 8.45. The summed E-state index contributed by atoms with van der Waals surface area (Å²) < 4.78 is 1.18. The lowest BCUT2D eigenvalue weighted by Crippen LogP contribution is -2.38. The normalized spacial score (nSPS) is 13.5. The third-order valence-electron chi connectivity index (χ3n) is 6.09. The van der Waals surface area contributed by atoms with Gasteiger partial charge in [-0.25, -0.2) is 4.68 Å². The van der Waals surface area contributed by atoms with Gasteiger partial charge in [0.15, 0.2) is 0 Å². The Morgan fingerprint density at radius 1 is 0.971 bits per heavy atom. The monoisotopic (exact) mass is 484 g/mol. The molecule has 4 aromatic rings. The molecule has 8 heteroatoms. The Bertz CT molecular complexity index is 1400. The van der Waals surface area contributed by atoms with Crippen molar-refractivity contribution < 1.29 is 9.59 Å². The van der Waals surface area contributed by atoms with E-state index < -0.39 is 0 Å². The van der Waals surface area contributed by atoms with Gasteiger partial charge in [0.2, 0.25) is 5.91 Å². The average Bonchev–Trinajstić information content (AvgIpc) is 3.52. The van der Waals surface area contributed by atoms with Crippen LogP contribution in [-0.4, -0.2) is 39.6 Å². The van der Waals surface area contributed by atoms with Crippen LogP contribution in [0.5, 0.6) is 0 Å². The van der Waals surface area contributed by atoms with Gasteiger partial charge >= 0.3 is 0 Å². The van der Waals surface area contributed by atoms with Crippen molar-refractivity contribution in [2.75, 3.05) is 13.1 Å². The molecule has 2 aromatic heterocycles. The summed E-state index contributed by atoms with van der Waals surface area (Å²) >= 11 is 1.52.